The van der Waals surface area contributed by atoms with E-state index in [-0.39, 0.29) is 5.91 Å². The zero-order chi connectivity index (χ0) is 14.5. The first kappa shape index (κ1) is 15.4. The van der Waals surface area contributed by atoms with E-state index >= 15 is 0 Å². The number of ether oxygens (including phenoxy) is 2. The number of nitrogens with zero attached hydrogens (tertiary/aromatic N) is 1. The molecule has 1 aromatic carbocycles. The largest absolute Gasteiger partial charge is 0.493 e. The molecule has 0 radical (unpaired) electrons. The van der Waals surface area contributed by atoms with E-state index in [1.165, 1.54) is 0 Å². The van der Waals surface area contributed by atoms with Crippen LogP contribution in [0.15, 0.2) is 12.1 Å². The Morgan fingerprint density at radius 1 is 1.20 bits per heavy atom. The minimum absolute atomic E-state index is 0.0547. The van der Waals surface area contributed by atoms with Crippen molar-refractivity contribution >= 4 is 28.5 Å². The Hall–Kier alpha value is -1.02. The minimum Gasteiger partial charge on any atom is -0.493 e. The Morgan fingerprint density at radius 2 is 1.90 bits per heavy atom. The van der Waals surface area contributed by atoms with Gasteiger partial charge in [0.1, 0.15) is 0 Å². The van der Waals surface area contributed by atoms with Gasteiger partial charge in [0.05, 0.1) is 19.8 Å². The van der Waals surface area contributed by atoms with Gasteiger partial charge in [-0.1, -0.05) is 0 Å². The summed E-state index contributed by atoms with van der Waals surface area (Å²) < 4.78 is 11.4. The summed E-state index contributed by atoms with van der Waals surface area (Å²) in [4.78, 5) is 14.5. The standard InChI is InChI=1S/C14H19IN2O3/c1-19-12-8-10(11(15)9-13(12)20-2)14(18)17-6-3-4-16-5-7-17/h8-9,16H,3-7H2,1-2H3. The van der Waals surface area contributed by atoms with Crippen LogP contribution in [0.1, 0.15) is 16.8 Å². The number of hydrogen-bond donors (Lipinski definition) is 1. The number of halogens is 1. The Labute approximate surface area is 132 Å². The van der Waals surface area contributed by atoms with Crippen LogP contribution in [0.25, 0.3) is 0 Å². The van der Waals surface area contributed by atoms with Gasteiger partial charge in [0.2, 0.25) is 0 Å². The van der Waals surface area contributed by atoms with E-state index in [1.807, 2.05) is 11.0 Å². The maximum atomic E-state index is 12.6. The zero-order valence-corrected chi connectivity index (χ0v) is 13.9. The van der Waals surface area contributed by atoms with Crippen LogP contribution in [-0.2, 0) is 0 Å². The maximum absolute atomic E-state index is 12.6. The van der Waals surface area contributed by atoms with Crippen LogP contribution in [0.2, 0.25) is 0 Å². The van der Waals surface area contributed by atoms with E-state index in [0.29, 0.717) is 17.1 Å². The topological polar surface area (TPSA) is 50.8 Å². The molecule has 0 bridgehead atoms. The van der Waals surface area contributed by atoms with Crippen molar-refractivity contribution < 1.29 is 14.3 Å². The normalized spacial score (nSPS) is 15.7. The van der Waals surface area contributed by atoms with Crippen LogP contribution >= 0.6 is 22.6 Å². The van der Waals surface area contributed by atoms with Crippen molar-refractivity contribution in [1.82, 2.24) is 10.2 Å². The summed E-state index contributed by atoms with van der Waals surface area (Å²) in [5.74, 6) is 1.29. The van der Waals surface area contributed by atoms with Crippen molar-refractivity contribution in [2.45, 2.75) is 6.42 Å². The van der Waals surface area contributed by atoms with Crippen LogP contribution in [0.4, 0.5) is 0 Å². The molecule has 0 unspecified atom stereocenters. The van der Waals surface area contributed by atoms with Gasteiger partial charge in [0.15, 0.2) is 11.5 Å². The maximum Gasteiger partial charge on any atom is 0.255 e. The Balaban J connectivity index is 2.28. The monoisotopic (exact) mass is 390 g/mol. The molecule has 1 fully saturated rings. The van der Waals surface area contributed by atoms with Gasteiger partial charge in [0, 0.05) is 23.2 Å². The highest BCUT2D eigenvalue weighted by atomic mass is 127. The molecule has 1 aromatic rings. The highest BCUT2D eigenvalue weighted by Crippen LogP contribution is 2.31. The fourth-order valence-electron chi connectivity index (χ4n) is 2.24. The van der Waals surface area contributed by atoms with E-state index in [2.05, 4.69) is 27.9 Å². The van der Waals surface area contributed by atoms with Gasteiger partial charge in [-0.2, -0.15) is 0 Å². The third-order valence-electron chi connectivity index (χ3n) is 3.33. The highest BCUT2D eigenvalue weighted by Gasteiger charge is 2.21. The van der Waals surface area contributed by atoms with E-state index in [4.69, 9.17) is 9.47 Å². The molecule has 1 aliphatic rings. The van der Waals surface area contributed by atoms with Crippen LogP contribution in [0, 0.1) is 3.57 Å². The lowest BCUT2D eigenvalue weighted by Crippen LogP contribution is -2.34. The Morgan fingerprint density at radius 3 is 2.60 bits per heavy atom. The van der Waals surface area contributed by atoms with Gasteiger partial charge < -0.3 is 19.7 Å². The van der Waals surface area contributed by atoms with Gasteiger partial charge in [-0.3, -0.25) is 4.79 Å². The van der Waals surface area contributed by atoms with Gasteiger partial charge in [-0.05, 0) is 47.7 Å². The molecule has 0 aromatic heterocycles. The average molecular weight is 390 g/mol. The molecule has 1 heterocycles. The van der Waals surface area contributed by atoms with Crippen LogP contribution < -0.4 is 14.8 Å². The quantitative estimate of drug-likeness (QED) is 0.800. The molecular weight excluding hydrogens is 371 g/mol. The van der Waals surface area contributed by atoms with Crippen molar-refractivity contribution in [3.8, 4) is 11.5 Å². The van der Waals surface area contributed by atoms with Gasteiger partial charge in [0.25, 0.3) is 5.91 Å². The molecule has 1 N–H and O–H groups in total. The lowest BCUT2D eigenvalue weighted by Gasteiger charge is -2.21. The molecule has 110 valence electrons. The zero-order valence-electron chi connectivity index (χ0n) is 11.7. The fraction of sp³-hybridized carbons (Fsp3) is 0.500. The van der Waals surface area contributed by atoms with E-state index in [0.717, 1.165) is 36.2 Å². The fourth-order valence-corrected chi connectivity index (χ4v) is 2.91. The van der Waals surface area contributed by atoms with Crippen molar-refractivity contribution in [2.24, 2.45) is 0 Å². The second-order valence-corrected chi connectivity index (χ2v) is 5.74. The van der Waals surface area contributed by atoms with Crippen molar-refractivity contribution in [2.75, 3.05) is 40.4 Å². The molecule has 2 rings (SSSR count). The molecule has 1 saturated heterocycles. The third-order valence-corrected chi connectivity index (χ3v) is 4.22. The molecule has 1 amide bonds. The lowest BCUT2D eigenvalue weighted by atomic mass is 10.1. The summed E-state index contributed by atoms with van der Waals surface area (Å²) in [6, 6.07) is 3.60. The predicted octanol–water partition coefficient (Wildman–Crippen LogP) is 1.74. The first-order valence-electron chi connectivity index (χ1n) is 6.59. The molecule has 0 spiro atoms. The second kappa shape index (κ2) is 7.12. The molecule has 0 saturated carbocycles. The van der Waals surface area contributed by atoms with Crippen LogP contribution in [0.3, 0.4) is 0 Å². The Bertz CT molecular complexity index is 486. The van der Waals surface area contributed by atoms with Crippen LogP contribution in [0.5, 0.6) is 11.5 Å². The van der Waals surface area contributed by atoms with E-state index < -0.39 is 0 Å². The number of hydrogen-bond acceptors (Lipinski definition) is 4. The summed E-state index contributed by atoms with van der Waals surface area (Å²) in [6.45, 7) is 3.34. The first-order valence-corrected chi connectivity index (χ1v) is 7.66. The van der Waals surface area contributed by atoms with Gasteiger partial charge >= 0.3 is 0 Å². The molecule has 1 aliphatic heterocycles. The van der Waals surface area contributed by atoms with Gasteiger partial charge in [-0.15, -0.1) is 0 Å². The molecule has 6 heteroatoms. The van der Waals surface area contributed by atoms with E-state index in [9.17, 15) is 4.79 Å². The second-order valence-electron chi connectivity index (χ2n) is 4.58. The number of rotatable bonds is 3. The van der Waals surface area contributed by atoms with Crippen molar-refractivity contribution in [3.05, 3.63) is 21.3 Å². The smallest absolute Gasteiger partial charge is 0.255 e. The highest BCUT2D eigenvalue weighted by molar-refractivity contribution is 14.1. The Kier molecular flexibility index (Phi) is 5.47. The van der Waals surface area contributed by atoms with E-state index in [1.54, 1.807) is 20.3 Å². The number of carbonyl (C=O) groups excluding carboxylic acids is 1. The molecule has 5 nitrogen and oxygen atoms in total. The molecule has 20 heavy (non-hydrogen) atoms. The first-order chi connectivity index (χ1) is 9.67. The molecule has 0 aliphatic carbocycles. The molecular formula is C14H19IN2O3. The third kappa shape index (κ3) is 3.35. The summed E-state index contributed by atoms with van der Waals surface area (Å²) in [6.07, 6.45) is 0.982. The summed E-state index contributed by atoms with van der Waals surface area (Å²) >= 11 is 2.16. The summed E-state index contributed by atoms with van der Waals surface area (Å²) in [5.41, 5.74) is 0.671. The van der Waals surface area contributed by atoms with Crippen molar-refractivity contribution in [3.63, 3.8) is 0 Å². The predicted molar refractivity (Wildman–Crippen MR) is 85.7 cm³/mol. The SMILES string of the molecule is COc1cc(I)c(C(=O)N2CCCNCC2)cc1OC. The lowest BCUT2D eigenvalue weighted by molar-refractivity contribution is 0.0765. The number of carbonyl (C=O) groups is 1. The van der Waals surface area contributed by atoms with Crippen LogP contribution in [-0.4, -0.2) is 51.2 Å². The van der Waals surface area contributed by atoms with Gasteiger partial charge in [-0.25, -0.2) is 0 Å². The number of nitrogens with one attached hydrogen (secondary N) is 1. The number of amides is 1. The summed E-state index contributed by atoms with van der Waals surface area (Å²) in [5, 5.41) is 3.30. The van der Waals surface area contributed by atoms with Crippen molar-refractivity contribution in [1.29, 1.82) is 0 Å². The number of methoxy groups -OCH3 is 2. The number of benzene rings is 1. The minimum atomic E-state index is 0.0547. The molecule has 0 atom stereocenters. The average Bonchev–Trinajstić information content (AvgIpc) is 2.75. The summed E-state index contributed by atoms with van der Waals surface area (Å²) in [7, 11) is 3.17.